The highest BCUT2D eigenvalue weighted by atomic mass is 16.5. The molecule has 0 saturated heterocycles. The maximum atomic E-state index is 11.3. The Kier molecular flexibility index (Phi) is 6.23. The van der Waals surface area contributed by atoms with Gasteiger partial charge in [-0.25, -0.2) is 9.78 Å². The maximum Gasteiger partial charge on any atom is 0.347 e. The average molecular weight is 396 g/mol. The molecule has 0 amide bonds. The molecule has 154 valence electrons. The first-order chi connectivity index (χ1) is 13.8. The number of nitrogens with one attached hydrogen (secondary N) is 1. The number of carboxylic acid groups (broad SMARTS) is 1. The minimum atomic E-state index is -1.29. The minimum absolute atomic E-state index is 0.00180. The third-order valence-electron chi connectivity index (χ3n) is 4.88. The summed E-state index contributed by atoms with van der Waals surface area (Å²) in [5.41, 5.74) is 1.34. The second kappa shape index (κ2) is 8.66. The Morgan fingerprint density at radius 2 is 2.00 bits per heavy atom. The lowest BCUT2D eigenvalue weighted by molar-refractivity contribution is -0.152. The first-order valence-corrected chi connectivity index (χ1v) is 9.94. The van der Waals surface area contributed by atoms with E-state index in [9.17, 15) is 9.90 Å². The SMILES string of the molecule is CCCC(NC(C)c1cccc(OC(C)(C)C(=O)O)c1)c1nc2ccccc2o1. The zero-order chi connectivity index (χ0) is 21.0. The Bertz CT molecular complexity index is 947. The summed E-state index contributed by atoms with van der Waals surface area (Å²) in [6, 6.07) is 15.2. The lowest BCUT2D eigenvalue weighted by atomic mass is 10.0. The molecule has 0 aliphatic heterocycles. The monoisotopic (exact) mass is 396 g/mol. The molecule has 0 aliphatic carbocycles. The van der Waals surface area contributed by atoms with Gasteiger partial charge in [0.05, 0.1) is 6.04 Å². The number of hydrogen-bond donors (Lipinski definition) is 2. The molecular formula is C23H28N2O4. The number of carbonyl (C=O) groups is 1. The van der Waals surface area contributed by atoms with Gasteiger partial charge in [-0.1, -0.05) is 37.6 Å². The van der Waals surface area contributed by atoms with Crippen molar-refractivity contribution >= 4 is 17.1 Å². The van der Waals surface area contributed by atoms with Crippen LogP contribution in [0, 0.1) is 0 Å². The van der Waals surface area contributed by atoms with Crippen molar-refractivity contribution in [3.8, 4) is 5.75 Å². The molecule has 0 fully saturated rings. The van der Waals surface area contributed by atoms with Crippen molar-refractivity contribution in [1.82, 2.24) is 10.3 Å². The van der Waals surface area contributed by atoms with Crippen LogP contribution in [0.2, 0.25) is 0 Å². The second-order valence-corrected chi connectivity index (χ2v) is 7.74. The second-order valence-electron chi connectivity index (χ2n) is 7.74. The number of oxazole rings is 1. The van der Waals surface area contributed by atoms with Crippen molar-refractivity contribution in [1.29, 1.82) is 0 Å². The zero-order valence-electron chi connectivity index (χ0n) is 17.3. The van der Waals surface area contributed by atoms with Gasteiger partial charge in [0.25, 0.3) is 0 Å². The molecule has 2 N–H and O–H groups in total. The summed E-state index contributed by atoms with van der Waals surface area (Å²) in [4.78, 5) is 16.0. The van der Waals surface area contributed by atoms with Crippen LogP contribution in [0.4, 0.5) is 0 Å². The molecular weight excluding hydrogens is 368 g/mol. The van der Waals surface area contributed by atoms with Crippen LogP contribution in [0.3, 0.4) is 0 Å². The van der Waals surface area contributed by atoms with Crippen LogP contribution in [-0.4, -0.2) is 21.7 Å². The Morgan fingerprint density at radius 3 is 2.69 bits per heavy atom. The molecule has 3 aromatic rings. The summed E-state index contributed by atoms with van der Waals surface area (Å²) in [6.07, 6.45) is 1.87. The van der Waals surface area contributed by atoms with Gasteiger partial charge in [-0.05, 0) is 57.0 Å². The Balaban J connectivity index is 1.78. The highest BCUT2D eigenvalue weighted by Gasteiger charge is 2.29. The van der Waals surface area contributed by atoms with Crippen molar-refractivity contribution in [3.05, 3.63) is 60.0 Å². The van der Waals surface area contributed by atoms with E-state index in [2.05, 4.69) is 24.1 Å². The average Bonchev–Trinajstić information content (AvgIpc) is 3.11. The molecule has 2 aromatic carbocycles. The smallest absolute Gasteiger partial charge is 0.347 e. The van der Waals surface area contributed by atoms with Crippen molar-refractivity contribution < 1.29 is 19.1 Å². The first kappa shape index (κ1) is 20.9. The van der Waals surface area contributed by atoms with Crippen LogP contribution < -0.4 is 10.1 Å². The Morgan fingerprint density at radius 1 is 1.24 bits per heavy atom. The van der Waals surface area contributed by atoms with Crippen molar-refractivity contribution in [2.75, 3.05) is 0 Å². The van der Waals surface area contributed by atoms with Crippen LogP contribution in [0.5, 0.6) is 5.75 Å². The summed E-state index contributed by atoms with van der Waals surface area (Å²) < 4.78 is 11.6. The number of rotatable bonds is 9. The lowest BCUT2D eigenvalue weighted by Crippen LogP contribution is -2.37. The highest BCUT2D eigenvalue weighted by molar-refractivity contribution is 5.76. The summed E-state index contributed by atoms with van der Waals surface area (Å²) in [5, 5.41) is 12.9. The van der Waals surface area contributed by atoms with E-state index < -0.39 is 11.6 Å². The van der Waals surface area contributed by atoms with Crippen molar-refractivity contribution in [3.63, 3.8) is 0 Å². The quantitative estimate of drug-likeness (QED) is 0.513. The molecule has 1 heterocycles. The molecule has 0 radical (unpaired) electrons. The fourth-order valence-electron chi connectivity index (χ4n) is 3.19. The standard InChI is InChI=1S/C23H28N2O4/c1-5-9-19(21-25-18-12-6-7-13-20(18)28-21)24-15(2)16-10-8-11-17(14-16)29-23(3,4)22(26)27/h6-8,10-15,19,24H,5,9H2,1-4H3,(H,26,27). The molecule has 29 heavy (non-hydrogen) atoms. The predicted molar refractivity (Wildman–Crippen MR) is 112 cm³/mol. The number of para-hydroxylation sites is 2. The van der Waals surface area contributed by atoms with Gasteiger partial charge in [0.1, 0.15) is 11.3 Å². The van der Waals surface area contributed by atoms with Crippen LogP contribution in [-0.2, 0) is 4.79 Å². The molecule has 6 nitrogen and oxygen atoms in total. The molecule has 3 rings (SSSR count). The Labute approximate surface area is 170 Å². The maximum absolute atomic E-state index is 11.3. The van der Waals surface area contributed by atoms with Crippen LogP contribution in [0.25, 0.3) is 11.1 Å². The van der Waals surface area contributed by atoms with Gasteiger partial charge in [-0.3, -0.25) is 5.32 Å². The number of benzene rings is 2. The van der Waals surface area contributed by atoms with E-state index in [1.165, 1.54) is 13.8 Å². The van der Waals surface area contributed by atoms with E-state index in [0.717, 1.165) is 29.5 Å². The zero-order valence-corrected chi connectivity index (χ0v) is 17.3. The van der Waals surface area contributed by atoms with Crippen LogP contribution in [0.1, 0.15) is 64.1 Å². The highest BCUT2D eigenvalue weighted by Crippen LogP contribution is 2.28. The van der Waals surface area contributed by atoms with E-state index in [1.54, 1.807) is 6.07 Å². The number of ether oxygens (including phenoxy) is 1. The molecule has 0 spiro atoms. The van der Waals surface area contributed by atoms with Gasteiger partial charge in [-0.15, -0.1) is 0 Å². The van der Waals surface area contributed by atoms with Gasteiger partial charge < -0.3 is 14.3 Å². The topological polar surface area (TPSA) is 84.6 Å². The van der Waals surface area contributed by atoms with E-state index in [4.69, 9.17) is 9.15 Å². The summed E-state index contributed by atoms with van der Waals surface area (Å²) >= 11 is 0. The van der Waals surface area contributed by atoms with Gasteiger partial charge in [0.2, 0.25) is 5.89 Å². The number of fused-ring (bicyclic) bond motifs is 1. The van der Waals surface area contributed by atoms with Gasteiger partial charge in [0, 0.05) is 6.04 Å². The number of aromatic nitrogens is 1. The molecule has 2 atom stereocenters. The summed E-state index contributed by atoms with van der Waals surface area (Å²) in [6.45, 7) is 7.26. The number of aliphatic carboxylic acids is 1. The van der Waals surface area contributed by atoms with E-state index in [1.807, 2.05) is 42.5 Å². The molecule has 6 heteroatoms. The first-order valence-electron chi connectivity index (χ1n) is 9.94. The van der Waals surface area contributed by atoms with Crippen LogP contribution in [0.15, 0.2) is 52.9 Å². The molecule has 1 aromatic heterocycles. The minimum Gasteiger partial charge on any atom is -0.478 e. The number of hydrogen-bond acceptors (Lipinski definition) is 5. The van der Waals surface area contributed by atoms with E-state index in [-0.39, 0.29) is 12.1 Å². The number of nitrogens with zero attached hydrogens (tertiary/aromatic N) is 1. The van der Waals surface area contributed by atoms with Gasteiger partial charge in [-0.2, -0.15) is 0 Å². The lowest BCUT2D eigenvalue weighted by Gasteiger charge is -2.24. The molecule has 0 bridgehead atoms. The fourth-order valence-corrected chi connectivity index (χ4v) is 3.19. The van der Waals surface area contributed by atoms with Crippen LogP contribution >= 0.6 is 0 Å². The van der Waals surface area contributed by atoms with E-state index in [0.29, 0.717) is 11.6 Å². The molecule has 0 saturated carbocycles. The van der Waals surface area contributed by atoms with Gasteiger partial charge >= 0.3 is 5.97 Å². The molecule has 0 aliphatic rings. The normalized spacial score (nSPS) is 13.9. The predicted octanol–water partition coefficient (Wildman–Crippen LogP) is 5.26. The molecule has 2 unspecified atom stereocenters. The summed E-state index contributed by atoms with van der Waals surface area (Å²) in [7, 11) is 0. The third-order valence-corrected chi connectivity index (χ3v) is 4.88. The third kappa shape index (κ3) is 4.95. The van der Waals surface area contributed by atoms with Crippen molar-refractivity contribution in [2.24, 2.45) is 0 Å². The summed E-state index contributed by atoms with van der Waals surface area (Å²) in [5.74, 6) is 0.199. The van der Waals surface area contributed by atoms with Crippen molar-refractivity contribution in [2.45, 2.75) is 58.2 Å². The Hall–Kier alpha value is -2.86. The largest absolute Gasteiger partial charge is 0.478 e. The fraction of sp³-hybridized carbons (Fsp3) is 0.391. The van der Waals surface area contributed by atoms with E-state index >= 15 is 0 Å². The number of carboxylic acids is 1. The van der Waals surface area contributed by atoms with Gasteiger partial charge in [0.15, 0.2) is 11.2 Å².